The van der Waals surface area contributed by atoms with Gasteiger partial charge in [0.05, 0.1) is 12.4 Å². The summed E-state index contributed by atoms with van der Waals surface area (Å²) in [7, 11) is 0. The van der Waals surface area contributed by atoms with E-state index in [1.165, 1.54) is 18.0 Å². The van der Waals surface area contributed by atoms with E-state index in [0.717, 1.165) is 32.5 Å². The van der Waals surface area contributed by atoms with Crippen molar-refractivity contribution in [3.8, 4) is 0 Å². The molecule has 21 heavy (non-hydrogen) atoms. The normalized spacial score (nSPS) is 19.4. The Bertz CT molecular complexity index is 560. The summed E-state index contributed by atoms with van der Waals surface area (Å²) < 4.78 is 12.8. The first-order chi connectivity index (χ1) is 10.3. The Hall–Kier alpha value is -2.08. The Labute approximate surface area is 123 Å². The summed E-state index contributed by atoms with van der Waals surface area (Å²) in [5, 5.41) is 3.28. The molecule has 0 amide bonds. The van der Waals surface area contributed by atoms with Crippen LogP contribution in [0.1, 0.15) is 18.4 Å². The monoisotopic (exact) mass is 287 g/mol. The largest absolute Gasteiger partial charge is 0.350 e. The molecule has 3 heterocycles. The Kier molecular flexibility index (Phi) is 4.35. The highest BCUT2D eigenvalue weighted by atomic mass is 19.1. The van der Waals surface area contributed by atoms with Gasteiger partial charge in [-0.1, -0.05) is 6.07 Å². The van der Waals surface area contributed by atoms with Crippen LogP contribution in [0, 0.1) is 5.82 Å². The molecule has 0 radical (unpaired) electrons. The molecule has 0 saturated carbocycles. The van der Waals surface area contributed by atoms with Gasteiger partial charge in [0, 0.05) is 31.5 Å². The van der Waals surface area contributed by atoms with Crippen LogP contribution < -0.4 is 5.32 Å². The molecule has 0 bridgehead atoms. The average Bonchev–Trinajstić information content (AvgIpc) is 2.51. The van der Waals surface area contributed by atoms with Gasteiger partial charge in [-0.25, -0.2) is 14.4 Å². The molecular formula is C15H18FN5. The van der Waals surface area contributed by atoms with Crippen molar-refractivity contribution < 1.29 is 4.39 Å². The van der Waals surface area contributed by atoms with E-state index in [1.54, 1.807) is 6.20 Å². The molecule has 6 heteroatoms. The van der Waals surface area contributed by atoms with Crippen LogP contribution in [0.4, 0.5) is 10.3 Å². The van der Waals surface area contributed by atoms with Crippen LogP contribution in [0.25, 0.3) is 0 Å². The van der Waals surface area contributed by atoms with Gasteiger partial charge in [0.1, 0.15) is 0 Å². The number of hydrogen-bond acceptors (Lipinski definition) is 5. The number of pyridine rings is 1. The van der Waals surface area contributed by atoms with Gasteiger partial charge in [-0.2, -0.15) is 0 Å². The number of likely N-dealkylation sites (tertiary alicyclic amines) is 1. The maximum atomic E-state index is 12.8. The van der Waals surface area contributed by atoms with Crippen molar-refractivity contribution >= 4 is 5.95 Å². The molecule has 0 unspecified atom stereocenters. The summed E-state index contributed by atoms with van der Waals surface area (Å²) in [6, 6.07) is 4.34. The van der Waals surface area contributed by atoms with Gasteiger partial charge >= 0.3 is 0 Å². The molecule has 2 aromatic rings. The molecule has 1 N–H and O–H groups in total. The van der Waals surface area contributed by atoms with E-state index >= 15 is 0 Å². The van der Waals surface area contributed by atoms with E-state index in [4.69, 9.17) is 0 Å². The Morgan fingerprint density at radius 1 is 1.29 bits per heavy atom. The second-order valence-electron chi connectivity index (χ2n) is 5.30. The third kappa shape index (κ3) is 3.95. The molecule has 1 aliphatic rings. The number of halogens is 1. The standard InChI is InChI=1S/C15H18FN5/c16-13-8-18-15(19-9-13)20-14-4-2-6-21(11-14)10-12-3-1-5-17-7-12/h1,3,5,7-9,14H,2,4,6,10-11H2,(H,18,19,20)/t14-/m1/s1. The first-order valence-corrected chi connectivity index (χ1v) is 7.15. The van der Waals surface area contributed by atoms with Gasteiger partial charge in [0.15, 0.2) is 5.82 Å². The SMILES string of the molecule is Fc1cnc(N[C@@H]2CCCN(Cc3cccnc3)C2)nc1. The van der Waals surface area contributed by atoms with Gasteiger partial charge in [0.25, 0.3) is 0 Å². The number of aromatic nitrogens is 3. The van der Waals surface area contributed by atoms with E-state index in [2.05, 4.69) is 31.2 Å². The molecule has 110 valence electrons. The fraction of sp³-hybridized carbons (Fsp3) is 0.400. The summed E-state index contributed by atoms with van der Waals surface area (Å²) in [5.41, 5.74) is 1.22. The molecule has 5 nitrogen and oxygen atoms in total. The van der Waals surface area contributed by atoms with Gasteiger partial charge in [-0.05, 0) is 31.0 Å². The molecule has 0 spiro atoms. The van der Waals surface area contributed by atoms with E-state index in [9.17, 15) is 4.39 Å². The number of nitrogens with zero attached hydrogens (tertiary/aromatic N) is 4. The quantitative estimate of drug-likeness (QED) is 0.933. The highest BCUT2D eigenvalue weighted by Gasteiger charge is 2.20. The second-order valence-corrected chi connectivity index (χ2v) is 5.30. The van der Waals surface area contributed by atoms with Crippen LogP contribution in [0.3, 0.4) is 0 Å². The molecule has 1 aliphatic heterocycles. The van der Waals surface area contributed by atoms with Gasteiger partial charge in [0.2, 0.25) is 5.95 Å². The Morgan fingerprint density at radius 3 is 2.90 bits per heavy atom. The summed E-state index contributed by atoms with van der Waals surface area (Å²) in [6.45, 7) is 2.91. The van der Waals surface area contributed by atoms with E-state index in [1.807, 2.05) is 12.3 Å². The third-order valence-electron chi connectivity index (χ3n) is 3.59. The van der Waals surface area contributed by atoms with Crippen LogP contribution in [-0.2, 0) is 6.54 Å². The second kappa shape index (κ2) is 6.58. The van der Waals surface area contributed by atoms with Crippen molar-refractivity contribution in [2.45, 2.75) is 25.4 Å². The zero-order valence-corrected chi connectivity index (χ0v) is 11.7. The van der Waals surface area contributed by atoms with Gasteiger partial charge in [-0.3, -0.25) is 9.88 Å². The first kappa shape index (κ1) is 13.9. The van der Waals surface area contributed by atoms with Crippen molar-refractivity contribution in [3.63, 3.8) is 0 Å². The summed E-state index contributed by atoms with van der Waals surface area (Å²) >= 11 is 0. The maximum absolute atomic E-state index is 12.8. The Morgan fingerprint density at radius 2 is 2.14 bits per heavy atom. The molecule has 1 saturated heterocycles. The van der Waals surface area contributed by atoms with Crippen molar-refractivity contribution in [1.29, 1.82) is 0 Å². The van der Waals surface area contributed by atoms with Crippen molar-refractivity contribution in [2.75, 3.05) is 18.4 Å². The lowest BCUT2D eigenvalue weighted by molar-refractivity contribution is 0.208. The summed E-state index contributed by atoms with van der Waals surface area (Å²) in [6.07, 6.45) is 8.26. The minimum atomic E-state index is -0.414. The van der Waals surface area contributed by atoms with E-state index < -0.39 is 5.82 Å². The molecule has 3 rings (SSSR count). The van der Waals surface area contributed by atoms with Gasteiger partial charge < -0.3 is 5.32 Å². The average molecular weight is 287 g/mol. The lowest BCUT2D eigenvalue weighted by Crippen LogP contribution is -2.41. The van der Waals surface area contributed by atoms with Crippen molar-refractivity contribution in [1.82, 2.24) is 19.9 Å². The first-order valence-electron chi connectivity index (χ1n) is 7.15. The molecular weight excluding hydrogens is 269 g/mol. The zero-order chi connectivity index (χ0) is 14.5. The predicted octanol–water partition coefficient (Wildman–Crippen LogP) is 2.09. The van der Waals surface area contributed by atoms with E-state index in [0.29, 0.717) is 12.0 Å². The third-order valence-corrected chi connectivity index (χ3v) is 3.59. The molecule has 0 aliphatic carbocycles. The fourth-order valence-corrected chi connectivity index (χ4v) is 2.64. The molecule has 2 aromatic heterocycles. The number of piperidine rings is 1. The molecule has 1 fully saturated rings. The molecule has 1 atom stereocenters. The summed E-state index contributed by atoms with van der Waals surface area (Å²) in [4.78, 5) is 14.4. The van der Waals surface area contributed by atoms with Crippen LogP contribution in [0.2, 0.25) is 0 Å². The number of rotatable bonds is 4. The highest BCUT2D eigenvalue weighted by molar-refractivity contribution is 5.25. The lowest BCUT2D eigenvalue weighted by atomic mass is 10.1. The van der Waals surface area contributed by atoms with Gasteiger partial charge in [-0.15, -0.1) is 0 Å². The summed E-state index contributed by atoms with van der Waals surface area (Å²) in [5.74, 6) is 0.0760. The number of hydrogen-bond donors (Lipinski definition) is 1. The van der Waals surface area contributed by atoms with Crippen molar-refractivity contribution in [2.24, 2.45) is 0 Å². The van der Waals surface area contributed by atoms with Crippen molar-refractivity contribution in [3.05, 3.63) is 48.3 Å². The fourth-order valence-electron chi connectivity index (χ4n) is 2.64. The minimum Gasteiger partial charge on any atom is -0.350 e. The highest BCUT2D eigenvalue weighted by Crippen LogP contribution is 2.15. The molecule has 0 aromatic carbocycles. The van der Waals surface area contributed by atoms with Crippen LogP contribution in [0.5, 0.6) is 0 Å². The topological polar surface area (TPSA) is 53.9 Å². The maximum Gasteiger partial charge on any atom is 0.223 e. The predicted molar refractivity (Wildman–Crippen MR) is 78.1 cm³/mol. The van der Waals surface area contributed by atoms with E-state index in [-0.39, 0.29) is 0 Å². The van der Waals surface area contributed by atoms with Crippen LogP contribution >= 0.6 is 0 Å². The lowest BCUT2D eigenvalue weighted by Gasteiger charge is -2.33. The number of nitrogens with one attached hydrogen (secondary N) is 1. The smallest absolute Gasteiger partial charge is 0.223 e. The number of anilines is 1. The minimum absolute atomic E-state index is 0.292. The van der Waals surface area contributed by atoms with Crippen LogP contribution in [-0.4, -0.2) is 39.0 Å². The Balaban J connectivity index is 1.57. The van der Waals surface area contributed by atoms with Crippen LogP contribution in [0.15, 0.2) is 36.9 Å². The zero-order valence-electron chi connectivity index (χ0n) is 11.7.